The maximum Gasteiger partial charge on any atom is 0.198 e. The van der Waals surface area contributed by atoms with Crippen LogP contribution in [0.5, 0.6) is 0 Å². The highest BCUT2D eigenvalue weighted by Crippen LogP contribution is 2.15. The van der Waals surface area contributed by atoms with Crippen LogP contribution in [0.25, 0.3) is 0 Å². The Morgan fingerprint density at radius 2 is 1.71 bits per heavy atom. The Labute approximate surface area is 79.5 Å². The van der Waals surface area contributed by atoms with Crippen LogP contribution in [-0.4, -0.2) is 6.29 Å². The van der Waals surface area contributed by atoms with E-state index in [0.717, 1.165) is 6.07 Å². The van der Waals surface area contributed by atoms with Gasteiger partial charge in [0.1, 0.15) is 5.82 Å². The molecule has 0 saturated carbocycles. The first kappa shape index (κ1) is 10.8. The molecule has 0 atom stereocenters. The number of hydrogen-bond donors (Lipinski definition) is 0. The Kier molecular flexibility index (Phi) is 3.68. The van der Waals surface area contributed by atoms with Crippen LogP contribution in [-0.2, 0) is 11.2 Å². The minimum Gasteiger partial charge on any atom is -0.291 e. The van der Waals surface area contributed by atoms with Crippen molar-refractivity contribution in [3.63, 3.8) is 0 Å². The molecule has 0 aliphatic rings. The zero-order chi connectivity index (χ0) is 10.6. The Morgan fingerprint density at radius 3 is 2.36 bits per heavy atom. The Balaban J connectivity index is 2.76. The highest BCUT2D eigenvalue weighted by atomic mass is 19.2. The normalized spacial score (nSPS) is 10.2. The molecule has 0 fully saturated rings. The third kappa shape index (κ3) is 2.58. The van der Waals surface area contributed by atoms with Crippen molar-refractivity contribution in [1.82, 2.24) is 0 Å². The highest BCUT2D eigenvalue weighted by molar-refractivity contribution is 5.50. The molecule has 0 aromatic heterocycles. The first-order valence-electron chi connectivity index (χ1n) is 4.13. The van der Waals surface area contributed by atoms with E-state index in [0.29, 0.717) is 12.5 Å². The average Bonchev–Trinajstić information content (AvgIpc) is 2.14. The molecule has 1 radical (unpaired) electrons. The lowest BCUT2D eigenvalue weighted by Crippen LogP contribution is -1.95. The molecule has 0 N–H and O–H groups in total. The second kappa shape index (κ2) is 4.79. The molecule has 0 saturated heterocycles. The van der Waals surface area contributed by atoms with E-state index in [1.54, 1.807) is 6.29 Å². The van der Waals surface area contributed by atoms with Gasteiger partial charge >= 0.3 is 0 Å². The Hall–Kier alpha value is -1.32. The second-order valence-electron chi connectivity index (χ2n) is 2.86. The number of aryl methyl sites for hydroxylation is 1. The van der Waals surface area contributed by atoms with Crippen molar-refractivity contribution >= 4 is 6.29 Å². The number of rotatable bonds is 4. The molecule has 1 rings (SSSR count). The number of carbonyl (C=O) groups excluding carboxylic acids is 1. The van der Waals surface area contributed by atoms with Gasteiger partial charge in [0, 0.05) is 12.5 Å². The van der Waals surface area contributed by atoms with Crippen LogP contribution in [0, 0.1) is 17.5 Å². The maximum absolute atomic E-state index is 13.0. The van der Waals surface area contributed by atoms with Gasteiger partial charge in [0.15, 0.2) is 17.9 Å². The summed E-state index contributed by atoms with van der Waals surface area (Å²) in [5.74, 6) is -3.06. The van der Waals surface area contributed by atoms with Crippen LogP contribution in [0.3, 0.4) is 0 Å². The third-order valence-electron chi connectivity index (χ3n) is 1.81. The van der Waals surface area contributed by atoms with Crippen molar-refractivity contribution in [2.24, 2.45) is 0 Å². The fourth-order valence-corrected chi connectivity index (χ4v) is 1.11. The lowest BCUT2D eigenvalue weighted by atomic mass is 10.1. The van der Waals surface area contributed by atoms with Gasteiger partial charge in [0.05, 0.1) is 0 Å². The topological polar surface area (TPSA) is 17.1 Å². The monoisotopic (exact) mass is 201 g/mol. The minimum absolute atomic E-state index is 0.0825. The van der Waals surface area contributed by atoms with Gasteiger partial charge in [-0.15, -0.1) is 0 Å². The fraction of sp³-hybridized carbons (Fsp3) is 0.300. The maximum atomic E-state index is 13.0. The quantitative estimate of drug-likeness (QED) is 0.540. The van der Waals surface area contributed by atoms with Crippen molar-refractivity contribution in [3.05, 3.63) is 35.1 Å². The Morgan fingerprint density at radius 1 is 1.07 bits per heavy atom. The van der Waals surface area contributed by atoms with Gasteiger partial charge in [-0.25, -0.2) is 13.2 Å². The first-order valence-corrected chi connectivity index (χ1v) is 4.13. The second-order valence-corrected chi connectivity index (χ2v) is 2.86. The molecule has 75 valence electrons. The summed E-state index contributed by atoms with van der Waals surface area (Å²) in [4.78, 5) is 9.85. The van der Waals surface area contributed by atoms with Crippen LogP contribution in [0.4, 0.5) is 13.2 Å². The predicted molar refractivity (Wildman–Crippen MR) is 44.9 cm³/mol. The van der Waals surface area contributed by atoms with Crippen LogP contribution in [0.1, 0.15) is 18.4 Å². The van der Waals surface area contributed by atoms with E-state index in [1.807, 2.05) is 0 Å². The van der Waals surface area contributed by atoms with E-state index in [-0.39, 0.29) is 18.4 Å². The smallest absolute Gasteiger partial charge is 0.198 e. The highest BCUT2D eigenvalue weighted by Gasteiger charge is 2.08. The van der Waals surface area contributed by atoms with Gasteiger partial charge < -0.3 is 0 Å². The molecule has 0 bridgehead atoms. The summed E-state index contributed by atoms with van der Waals surface area (Å²) in [6.45, 7) is 0. The van der Waals surface area contributed by atoms with Gasteiger partial charge in [0.25, 0.3) is 0 Å². The molecule has 0 heterocycles. The summed E-state index contributed by atoms with van der Waals surface area (Å²) >= 11 is 0. The van der Waals surface area contributed by atoms with Crippen molar-refractivity contribution in [2.75, 3.05) is 0 Å². The largest absolute Gasteiger partial charge is 0.291 e. The summed E-state index contributed by atoms with van der Waals surface area (Å²) < 4.78 is 38.1. The molecule has 0 aliphatic carbocycles. The van der Waals surface area contributed by atoms with E-state index < -0.39 is 17.5 Å². The number of hydrogen-bond acceptors (Lipinski definition) is 1. The van der Waals surface area contributed by atoms with Gasteiger partial charge in [-0.1, -0.05) is 0 Å². The molecule has 0 spiro atoms. The van der Waals surface area contributed by atoms with E-state index in [1.165, 1.54) is 0 Å². The summed E-state index contributed by atoms with van der Waals surface area (Å²) in [5, 5.41) is 0. The van der Waals surface area contributed by atoms with Crippen LogP contribution < -0.4 is 0 Å². The molecule has 0 amide bonds. The zero-order valence-electron chi connectivity index (χ0n) is 7.32. The van der Waals surface area contributed by atoms with Crippen LogP contribution in [0.2, 0.25) is 0 Å². The standard InChI is InChI=1S/C10H8F3O/c11-8-6-10(13)9(12)5-7(8)3-1-2-4-14/h5-6H,1-3H2. The van der Waals surface area contributed by atoms with E-state index in [9.17, 15) is 18.0 Å². The van der Waals surface area contributed by atoms with Crippen molar-refractivity contribution in [2.45, 2.75) is 19.3 Å². The molecular formula is C10H8F3O. The van der Waals surface area contributed by atoms with Gasteiger partial charge in [-0.2, -0.15) is 0 Å². The number of halogens is 3. The molecule has 0 aliphatic heterocycles. The van der Waals surface area contributed by atoms with E-state index >= 15 is 0 Å². The SMILES string of the molecule is O=[C]CCCc1cc(F)c(F)cc1F. The van der Waals surface area contributed by atoms with Gasteiger partial charge in [0.2, 0.25) is 0 Å². The predicted octanol–water partition coefficient (Wildman–Crippen LogP) is 2.54. The molecule has 4 heteroatoms. The van der Waals surface area contributed by atoms with Gasteiger partial charge in [-0.05, 0) is 24.5 Å². The average molecular weight is 201 g/mol. The van der Waals surface area contributed by atoms with Crippen molar-refractivity contribution in [1.29, 1.82) is 0 Å². The fourth-order valence-electron chi connectivity index (χ4n) is 1.11. The third-order valence-corrected chi connectivity index (χ3v) is 1.81. The van der Waals surface area contributed by atoms with Crippen LogP contribution >= 0.6 is 0 Å². The van der Waals surface area contributed by atoms with Crippen LogP contribution in [0.15, 0.2) is 12.1 Å². The Bertz CT molecular complexity index is 336. The summed E-state index contributed by atoms with van der Waals surface area (Å²) in [7, 11) is 0. The lowest BCUT2D eigenvalue weighted by molar-refractivity contribution is 0.489. The minimum atomic E-state index is -1.20. The summed E-state index contributed by atoms with van der Waals surface area (Å²) in [6, 6.07) is 1.32. The molecule has 14 heavy (non-hydrogen) atoms. The van der Waals surface area contributed by atoms with Crippen molar-refractivity contribution < 1.29 is 18.0 Å². The number of benzene rings is 1. The number of unbranched alkanes of at least 4 members (excludes halogenated alkanes) is 1. The lowest BCUT2D eigenvalue weighted by Gasteiger charge is -2.02. The zero-order valence-corrected chi connectivity index (χ0v) is 7.32. The summed E-state index contributed by atoms with van der Waals surface area (Å²) in [5.41, 5.74) is 0.0825. The first-order chi connectivity index (χ1) is 6.65. The molecular weight excluding hydrogens is 193 g/mol. The molecule has 0 unspecified atom stereocenters. The molecule has 1 aromatic rings. The summed E-state index contributed by atoms with van der Waals surface area (Å²) in [6.07, 6.45) is 2.40. The molecule has 1 aromatic carbocycles. The van der Waals surface area contributed by atoms with Crippen molar-refractivity contribution in [3.8, 4) is 0 Å². The van der Waals surface area contributed by atoms with Gasteiger partial charge in [-0.3, -0.25) is 4.79 Å². The molecule has 1 nitrogen and oxygen atoms in total. The van der Waals surface area contributed by atoms with E-state index in [2.05, 4.69) is 0 Å². The van der Waals surface area contributed by atoms with E-state index in [4.69, 9.17) is 0 Å².